The number of aromatic nitrogens is 1. The smallest absolute Gasteiger partial charge is 0.270 e. The number of thioether (sulfide) groups is 1. The lowest BCUT2D eigenvalue weighted by Crippen LogP contribution is -2.28. The molecule has 1 saturated heterocycles. The fraction of sp³-hybridized carbons (Fsp3) is 0.0476. The van der Waals surface area contributed by atoms with Gasteiger partial charge in [-0.1, -0.05) is 42.2 Å². The number of nitrogens with zero attached hydrogens (tertiary/aromatic N) is 3. The molecule has 4 rings (SSSR count). The van der Waals surface area contributed by atoms with Gasteiger partial charge in [0.1, 0.15) is 0 Å². The third-order valence-corrected chi connectivity index (χ3v) is 5.85. The molecule has 0 saturated carbocycles. The van der Waals surface area contributed by atoms with E-state index in [1.165, 1.54) is 23.9 Å². The van der Waals surface area contributed by atoms with E-state index in [0.29, 0.717) is 9.23 Å². The van der Waals surface area contributed by atoms with Crippen molar-refractivity contribution in [2.24, 2.45) is 0 Å². The summed E-state index contributed by atoms with van der Waals surface area (Å²) in [4.78, 5) is 25.5. The molecule has 3 aromatic rings. The molecule has 1 aliphatic rings. The molecule has 0 spiro atoms. The summed E-state index contributed by atoms with van der Waals surface area (Å²) in [7, 11) is 0. The molecule has 1 fully saturated rings. The molecule has 0 aliphatic carbocycles. The molecule has 1 aromatic heterocycles. The Bertz CT molecular complexity index is 1170. The van der Waals surface area contributed by atoms with E-state index >= 15 is 0 Å². The second kappa shape index (κ2) is 7.65. The third kappa shape index (κ3) is 3.59. The second-order valence-electron chi connectivity index (χ2n) is 6.38. The van der Waals surface area contributed by atoms with Crippen molar-refractivity contribution in [3.05, 3.63) is 93.1 Å². The van der Waals surface area contributed by atoms with Gasteiger partial charge in [-0.2, -0.15) is 0 Å². The Balaban J connectivity index is 1.67. The number of nitro benzene ring substituents is 1. The van der Waals surface area contributed by atoms with Crippen molar-refractivity contribution in [2.75, 3.05) is 4.90 Å². The van der Waals surface area contributed by atoms with E-state index in [1.54, 1.807) is 23.1 Å². The van der Waals surface area contributed by atoms with Crippen molar-refractivity contribution < 1.29 is 9.72 Å². The van der Waals surface area contributed by atoms with Crippen LogP contribution in [0.25, 0.3) is 11.8 Å². The summed E-state index contributed by atoms with van der Waals surface area (Å²) in [6.07, 6.45) is 3.63. The summed E-state index contributed by atoms with van der Waals surface area (Å²) in [5.74, 6) is -0.161. The summed E-state index contributed by atoms with van der Waals surface area (Å²) >= 11 is 6.71. The van der Waals surface area contributed by atoms with Gasteiger partial charge >= 0.3 is 0 Å². The zero-order valence-electron chi connectivity index (χ0n) is 15.3. The van der Waals surface area contributed by atoms with Gasteiger partial charge in [-0.15, -0.1) is 0 Å². The van der Waals surface area contributed by atoms with Gasteiger partial charge in [0.05, 0.1) is 15.5 Å². The average molecular weight is 422 g/mol. The SMILES string of the molecule is Cc1ccccc1N1C(=O)/C(=C\c2cccn2-c2ccc([N+](=O)[O-])cc2)SC1=S. The number of para-hydroxylation sites is 1. The molecule has 0 radical (unpaired) electrons. The van der Waals surface area contributed by atoms with Crippen LogP contribution in [0.1, 0.15) is 11.3 Å². The first-order chi connectivity index (χ1) is 14.0. The molecular weight excluding hydrogens is 406 g/mol. The number of carbonyl (C=O) groups is 1. The van der Waals surface area contributed by atoms with Crippen LogP contribution in [0.15, 0.2) is 71.8 Å². The summed E-state index contributed by atoms with van der Waals surface area (Å²) in [5.41, 5.74) is 3.33. The van der Waals surface area contributed by atoms with Gasteiger partial charge in [0.15, 0.2) is 4.32 Å². The monoisotopic (exact) mass is 421 g/mol. The zero-order valence-corrected chi connectivity index (χ0v) is 16.9. The Morgan fingerprint density at radius 1 is 1.07 bits per heavy atom. The summed E-state index contributed by atoms with van der Waals surface area (Å²) in [5, 5.41) is 10.9. The van der Waals surface area contributed by atoms with E-state index in [4.69, 9.17) is 12.2 Å². The van der Waals surface area contributed by atoms with E-state index in [2.05, 4.69) is 0 Å². The largest absolute Gasteiger partial charge is 0.317 e. The third-order valence-electron chi connectivity index (χ3n) is 4.55. The maximum absolute atomic E-state index is 13.0. The van der Waals surface area contributed by atoms with Crippen molar-refractivity contribution in [3.63, 3.8) is 0 Å². The van der Waals surface area contributed by atoms with Crippen molar-refractivity contribution in [3.8, 4) is 5.69 Å². The lowest BCUT2D eigenvalue weighted by molar-refractivity contribution is -0.384. The van der Waals surface area contributed by atoms with Gasteiger partial charge < -0.3 is 4.57 Å². The van der Waals surface area contributed by atoms with Crippen LogP contribution in [0.5, 0.6) is 0 Å². The van der Waals surface area contributed by atoms with Crippen LogP contribution in [-0.4, -0.2) is 19.7 Å². The molecule has 2 heterocycles. The summed E-state index contributed by atoms with van der Waals surface area (Å²) < 4.78 is 2.35. The topological polar surface area (TPSA) is 68.4 Å². The van der Waals surface area contributed by atoms with Crippen molar-refractivity contribution in [2.45, 2.75) is 6.92 Å². The van der Waals surface area contributed by atoms with Gasteiger partial charge in [-0.3, -0.25) is 19.8 Å². The number of nitro groups is 1. The molecule has 144 valence electrons. The van der Waals surface area contributed by atoms with Gasteiger partial charge in [-0.05, 0) is 48.9 Å². The standard InChI is InChI=1S/C21H15N3O3S2/c1-14-5-2-3-7-18(14)23-20(25)19(29-21(23)28)13-17-6-4-12-22(17)15-8-10-16(11-9-15)24(26)27/h2-13H,1H3/b19-13+. The van der Waals surface area contributed by atoms with Crippen LogP contribution in [-0.2, 0) is 4.79 Å². The van der Waals surface area contributed by atoms with Crippen LogP contribution < -0.4 is 4.90 Å². The Kier molecular flexibility index (Phi) is 5.04. The first-order valence-electron chi connectivity index (χ1n) is 8.71. The lowest BCUT2D eigenvalue weighted by atomic mass is 10.2. The van der Waals surface area contributed by atoms with Crippen molar-refractivity contribution in [1.82, 2.24) is 4.57 Å². The minimum atomic E-state index is -0.433. The van der Waals surface area contributed by atoms with Gasteiger partial charge in [-0.25, -0.2) is 0 Å². The number of non-ortho nitro benzene ring substituents is 1. The molecule has 1 amide bonds. The molecule has 0 unspecified atom stereocenters. The minimum Gasteiger partial charge on any atom is -0.317 e. The van der Waals surface area contributed by atoms with E-state index in [9.17, 15) is 14.9 Å². The highest BCUT2D eigenvalue weighted by molar-refractivity contribution is 8.27. The predicted molar refractivity (Wildman–Crippen MR) is 119 cm³/mol. The number of hydrogen-bond donors (Lipinski definition) is 0. The fourth-order valence-electron chi connectivity index (χ4n) is 3.11. The normalized spacial score (nSPS) is 15.3. The fourth-order valence-corrected chi connectivity index (χ4v) is 4.38. The van der Waals surface area contributed by atoms with Crippen LogP contribution in [0.2, 0.25) is 0 Å². The number of carbonyl (C=O) groups excluding carboxylic acids is 1. The highest BCUT2D eigenvalue weighted by Gasteiger charge is 2.34. The average Bonchev–Trinajstić information content (AvgIpc) is 3.27. The molecule has 2 aromatic carbocycles. The Morgan fingerprint density at radius 2 is 1.79 bits per heavy atom. The number of rotatable bonds is 4. The van der Waals surface area contributed by atoms with Crippen LogP contribution in [0, 0.1) is 17.0 Å². The molecule has 1 aliphatic heterocycles. The number of anilines is 1. The molecule has 0 N–H and O–H groups in total. The van der Waals surface area contributed by atoms with Crippen LogP contribution >= 0.6 is 24.0 Å². The van der Waals surface area contributed by atoms with E-state index in [-0.39, 0.29) is 11.6 Å². The predicted octanol–water partition coefficient (Wildman–Crippen LogP) is 5.10. The quantitative estimate of drug-likeness (QED) is 0.254. The van der Waals surface area contributed by atoms with Gasteiger partial charge in [0.25, 0.3) is 11.6 Å². The van der Waals surface area contributed by atoms with E-state index in [1.807, 2.05) is 54.1 Å². The highest BCUT2D eigenvalue weighted by atomic mass is 32.2. The van der Waals surface area contributed by atoms with Gasteiger partial charge in [0, 0.05) is 29.7 Å². The number of aryl methyl sites for hydroxylation is 1. The molecule has 0 atom stereocenters. The number of amides is 1. The first kappa shape index (κ1) is 19.1. The number of thiocarbonyl (C=S) groups is 1. The van der Waals surface area contributed by atoms with E-state index < -0.39 is 4.92 Å². The molecule has 29 heavy (non-hydrogen) atoms. The molecule has 8 heteroatoms. The Morgan fingerprint density at radius 3 is 2.48 bits per heavy atom. The number of benzene rings is 2. The minimum absolute atomic E-state index is 0.0292. The van der Waals surface area contributed by atoms with Gasteiger partial charge in [0.2, 0.25) is 0 Å². The van der Waals surface area contributed by atoms with Crippen LogP contribution in [0.4, 0.5) is 11.4 Å². The first-order valence-corrected chi connectivity index (χ1v) is 9.94. The zero-order chi connectivity index (χ0) is 20.5. The van der Waals surface area contributed by atoms with Crippen LogP contribution in [0.3, 0.4) is 0 Å². The Labute approximate surface area is 176 Å². The van der Waals surface area contributed by atoms with E-state index in [0.717, 1.165) is 22.6 Å². The second-order valence-corrected chi connectivity index (χ2v) is 8.06. The van der Waals surface area contributed by atoms with Crippen molar-refractivity contribution in [1.29, 1.82) is 0 Å². The maximum Gasteiger partial charge on any atom is 0.270 e. The molecule has 0 bridgehead atoms. The Hall–Kier alpha value is -3.23. The molecular formula is C21H15N3O3S2. The maximum atomic E-state index is 13.0. The summed E-state index contributed by atoms with van der Waals surface area (Å²) in [6, 6.07) is 17.6. The highest BCUT2D eigenvalue weighted by Crippen LogP contribution is 2.37. The van der Waals surface area contributed by atoms with Crippen molar-refractivity contribution >= 4 is 51.7 Å². The lowest BCUT2D eigenvalue weighted by Gasteiger charge is -2.16. The number of hydrogen-bond acceptors (Lipinski definition) is 5. The summed E-state index contributed by atoms with van der Waals surface area (Å²) in [6.45, 7) is 1.94. The molecule has 6 nitrogen and oxygen atoms in total.